The van der Waals surface area contributed by atoms with E-state index in [4.69, 9.17) is 27.9 Å². The van der Waals surface area contributed by atoms with Gasteiger partial charge in [-0.15, -0.1) is 0 Å². The number of ether oxygens (including phenoxy) is 1. The first-order chi connectivity index (χ1) is 13.2. The molecule has 0 fully saturated rings. The summed E-state index contributed by atoms with van der Waals surface area (Å²) in [5, 5.41) is 9.38. The van der Waals surface area contributed by atoms with Crippen LogP contribution in [0.3, 0.4) is 0 Å². The van der Waals surface area contributed by atoms with Gasteiger partial charge in [0, 0.05) is 28.0 Å². The van der Waals surface area contributed by atoms with Crippen LogP contribution in [-0.4, -0.2) is 24.5 Å². The number of halogens is 2. The summed E-state index contributed by atoms with van der Waals surface area (Å²) < 4.78 is 8.18. The van der Waals surface area contributed by atoms with Gasteiger partial charge < -0.3 is 9.30 Å². The highest BCUT2D eigenvalue weighted by molar-refractivity contribution is 6.35. The topological polar surface area (TPSA) is 57.8 Å². The van der Waals surface area contributed by atoms with Crippen LogP contribution in [0.5, 0.6) is 5.75 Å². The van der Waals surface area contributed by atoms with Gasteiger partial charge in [-0.25, -0.2) is 4.98 Å². The molecule has 1 atom stereocenters. The number of nitrogens with zero attached hydrogens (tertiary/aromatic N) is 5. The number of aromatic nitrogens is 5. The van der Waals surface area contributed by atoms with Crippen molar-refractivity contribution in [1.29, 1.82) is 0 Å². The van der Waals surface area contributed by atoms with Crippen LogP contribution in [0.1, 0.15) is 11.7 Å². The summed E-state index contributed by atoms with van der Waals surface area (Å²) in [4.78, 5) is 5.63. The van der Waals surface area contributed by atoms with Gasteiger partial charge in [-0.3, -0.25) is 0 Å². The van der Waals surface area contributed by atoms with E-state index in [1.165, 1.54) is 0 Å². The van der Waals surface area contributed by atoms with Gasteiger partial charge in [0.1, 0.15) is 11.9 Å². The van der Waals surface area contributed by atoms with Crippen LogP contribution in [0.4, 0.5) is 0 Å². The quantitative estimate of drug-likeness (QED) is 0.475. The summed E-state index contributed by atoms with van der Waals surface area (Å²) in [7, 11) is 0. The predicted molar refractivity (Wildman–Crippen MR) is 103 cm³/mol. The van der Waals surface area contributed by atoms with Crippen LogP contribution < -0.4 is 4.74 Å². The van der Waals surface area contributed by atoms with Crippen LogP contribution in [0.2, 0.25) is 10.0 Å². The molecule has 6 nitrogen and oxygen atoms in total. The minimum absolute atomic E-state index is 0.308. The van der Waals surface area contributed by atoms with Gasteiger partial charge in [-0.2, -0.15) is 15.0 Å². The van der Waals surface area contributed by atoms with Crippen LogP contribution >= 0.6 is 23.2 Å². The third-order valence-corrected chi connectivity index (χ3v) is 4.57. The fraction of sp³-hybridized carbons (Fsp3) is 0.105. The first-order valence-electron chi connectivity index (χ1n) is 8.23. The van der Waals surface area contributed by atoms with Crippen LogP contribution in [0.15, 0.2) is 73.6 Å². The molecule has 0 saturated carbocycles. The first-order valence-corrected chi connectivity index (χ1v) is 8.99. The second-order valence-corrected chi connectivity index (χ2v) is 6.69. The molecule has 2 aromatic carbocycles. The smallest absolute Gasteiger partial charge is 0.143 e. The van der Waals surface area contributed by atoms with Gasteiger partial charge in [0.2, 0.25) is 0 Å². The van der Waals surface area contributed by atoms with Crippen molar-refractivity contribution in [2.75, 3.05) is 0 Å². The number of hydrogen-bond acceptors (Lipinski definition) is 4. The van der Waals surface area contributed by atoms with E-state index in [2.05, 4.69) is 15.2 Å². The van der Waals surface area contributed by atoms with Crippen LogP contribution in [0.25, 0.3) is 5.69 Å². The summed E-state index contributed by atoms with van der Waals surface area (Å²) >= 11 is 12.5. The minimum atomic E-state index is -0.308. The molecule has 2 aromatic heterocycles. The molecule has 136 valence electrons. The molecule has 0 bridgehead atoms. The van der Waals surface area contributed by atoms with E-state index >= 15 is 0 Å². The zero-order valence-electron chi connectivity index (χ0n) is 14.1. The molecular weight excluding hydrogens is 385 g/mol. The van der Waals surface area contributed by atoms with E-state index in [0.29, 0.717) is 22.3 Å². The molecule has 0 saturated heterocycles. The number of rotatable bonds is 6. The Bertz CT molecular complexity index is 1000. The standard InChI is InChI=1S/C19H15Cl2N5O/c20-14-1-6-17(18(21)11-14)19(12-25-10-9-22-13-25)27-16-4-2-15(3-5-16)26-23-7-8-24-26/h1-11,13,19H,12H2. The molecule has 0 aliphatic heterocycles. The maximum atomic E-state index is 6.41. The Balaban J connectivity index is 1.60. The lowest BCUT2D eigenvalue weighted by atomic mass is 10.1. The van der Waals surface area contributed by atoms with Crippen molar-refractivity contribution in [1.82, 2.24) is 24.5 Å². The van der Waals surface area contributed by atoms with Crippen LogP contribution in [-0.2, 0) is 6.54 Å². The molecule has 4 rings (SSSR count). The van der Waals surface area contributed by atoms with Crippen molar-refractivity contribution < 1.29 is 4.74 Å². The Hall–Kier alpha value is -2.83. The molecule has 0 N–H and O–H groups in total. The van der Waals surface area contributed by atoms with Gasteiger partial charge in [-0.1, -0.05) is 29.3 Å². The fourth-order valence-corrected chi connectivity index (χ4v) is 3.25. The number of imidazole rings is 1. The lowest BCUT2D eigenvalue weighted by molar-refractivity contribution is 0.183. The van der Waals surface area contributed by atoms with E-state index < -0.39 is 0 Å². The van der Waals surface area contributed by atoms with Crippen molar-refractivity contribution in [2.45, 2.75) is 12.6 Å². The summed E-state index contributed by atoms with van der Waals surface area (Å²) in [5.74, 6) is 0.710. The Labute approximate surface area is 165 Å². The van der Waals surface area contributed by atoms with Gasteiger partial charge >= 0.3 is 0 Å². The Morgan fingerprint density at radius 1 is 0.963 bits per heavy atom. The van der Waals surface area contributed by atoms with Crippen molar-refractivity contribution >= 4 is 23.2 Å². The number of benzene rings is 2. The number of hydrogen-bond donors (Lipinski definition) is 0. The zero-order chi connectivity index (χ0) is 18.6. The average molecular weight is 400 g/mol. The third-order valence-electron chi connectivity index (χ3n) is 4.01. The molecule has 4 aromatic rings. The van der Waals surface area contributed by atoms with Crippen LogP contribution in [0, 0.1) is 0 Å². The van der Waals surface area contributed by atoms with Crippen molar-refractivity contribution in [3.63, 3.8) is 0 Å². The first kappa shape index (κ1) is 17.6. The lowest BCUT2D eigenvalue weighted by Gasteiger charge is -2.21. The molecule has 2 heterocycles. The average Bonchev–Trinajstić information content (AvgIpc) is 3.36. The van der Waals surface area contributed by atoms with Gasteiger partial charge in [0.05, 0.1) is 31.0 Å². The predicted octanol–water partition coefficient (Wildman–Crippen LogP) is 4.59. The second-order valence-electron chi connectivity index (χ2n) is 5.84. The second kappa shape index (κ2) is 7.82. The monoisotopic (exact) mass is 399 g/mol. The molecule has 0 aliphatic carbocycles. The Morgan fingerprint density at radius 2 is 1.74 bits per heavy atom. The molecule has 1 unspecified atom stereocenters. The molecule has 0 spiro atoms. The highest BCUT2D eigenvalue weighted by Crippen LogP contribution is 2.31. The fourth-order valence-electron chi connectivity index (χ4n) is 2.72. The van der Waals surface area contributed by atoms with E-state index in [1.54, 1.807) is 41.8 Å². The zero-order valence-corrected chi connectivity index (χ0v) is 15.6. The lowest BCUT2D eigenvalue weighted by Crippen LogP contribution is -2.15. The van der Waals surface area contributed by atoms with E-state index in [-0.39, 0.29) is 6.10 Å². The summed E-state index contributed by atoms with van der Waals surface area (Å²) in [6, 6.07) is 13.0. The highest BCUT2D eigenvalue weighted by atomic mass is 35.5. The van der Waals surface area contributed by atoms with Crippen molar-refractivity contribution in [2.24, 2.45) is 0 Å². The molecule has 8 heteroatoms. The largest absolute Gasteiger partial charge is 0.484 e. The molecule has 27 heavy (non-hydrogen) atoms. The Morgan fingerprint density at radius 3 is 2.41 bits per heavy atom. The maximum absolute atomic E-state index is 6.41. The normalized spacial score (nSPS) is 12.1. The SMILES string of the molecule is Clc1ccc(C(Cn2ccnc2)Oc2ccc(-n3nccn3)cc2)c(Cl)c1. The van der Waals surface area contributed by atoms with Crippen molar-refractivity contribution in [3.8, 4) is 11.4 Å². The van der Waals surface area contributed by atoms with Gasteiger partial charge in [-0.05, 0) is 36.4 Å². The van der Waals surface area contributed by atoms with E-state index in [9.17, 15) is 0 Å². The summed E-state index contributed by atoms with van der Waals surface area (Å²) in [6.45, 7) is 0.559. The maximum Gasteiger partial charge on any atom is 0.143 e. The van der Waals surface area contributed by atoms with Crippen molar-refractivity contribution in [3.05, 3.63) is 89.2 Å². The summed E-state index contributed by atoms with van der Waals surface area (Å²) in [5.41, 5.74) is 1.70. The Kier molecular flexibility index (Phi) is 5.09. The third kappa shape index (κ3) is 4.13. The minimum Gasteiger partial charge on any atom is -0.484 e. The molecule has 0 radical (unpaired) electrons. The molecular formula is C19H15Cl2N5O. The highest BCUT2D eigenvalue weighted by Gasteiger charge is 2.18. The molecule has 0 amide bonds. The van der Waals surface area contributed by atoms with Gasteiger partial charge in [0.15, 0.2) is 0 Å². The van der Waals surface area contributed by atoms with E-state index in [1.807, 2.05) is 41.1 Å². The molecule has 0 aliphatic rings. The summed E-state index contributed by atoms with van der Waals surface area (Å²) in [6.07, 6.45) is 8.31. The van der Waals surface area contributed by atoms with E-state index in [0.717, 1.165) is 11.3 Å². The van der Waals surface area contributed by atoms with Gasteiger partial charge in [0.25, 0.3) is 0 Å².